The van der Waals surface area contributed by atoms with E-state index in [4.69, 9.17) is 4.74 Å². The molecule has 1 heterocycles. The number of benzene rings is 2. The summed E-state index contributed by atoms with van der Waals surface area (Å²) in [5.74, 6) is -1.15. The van der Waals surface area contributed by atoms with E-state index >= 15 is 0 Å². The summed E-state index contributed by atoms with van der Waals surface area (Å²) >= 11 is 3.41. The van der Waals surface area contributed by atoms with Gasteiger partial charge in [0.05, 0.1) is 22.2 Å². The summed E-state index contributed by atoms with van der Waals surface area (Å²) < 4.78 is 33.8. The Balaban J connectivity index is 1.78. The average molecular weight is 581 g/mol. The molecule has 1 aliphatic heterocycles. The number of halogens is 1. The zero-order valence-electron chi connectivity index (χ0n) is 21.0. The van der Waals surface area contributed by atoms with E-state index in [0.717, 1.165) is 36.0 Å². The normalized spacial score (nSPS) is 14.6. The molecule has 1 N–H and O–H groups in total. The molecule has 2 aromatic carbocycles. The highest BCUT2D eigenvalue weighted by molar-refractivity contribution is 9.10. The Morgan fingerprint density at radius 3 is 2.28 bits per heavy atom. The molecule has 2 aromatic rings. The van der Waals surface area contributed by atoms with Crippen molar-refractivity contribution in [3.05, 3.63) is 58.1 Å². The first-order valence-electron chi connectivity index (χ1n) is 12.3. The molecule has 0 radical (unpaired) electrons. The van der Waals surface area contributed by atoms with Crippen LogP contribution >= 0.6 is 15.9 Å². The van der Waals surface area contributed by atoms with Crippen LogP contribution in [0.4, 0.5) is 5.69 Å². The van der Waals surface area contributed by atoms with E-state index in [1.165, 1.54) is 16.4 Å². The van der Waals surface area contributed by atoms with E-state index in [0.29, 0.717) is 25.2 Å². The lowest BCUT2D eigenvalue weighted by molar-refractivity contribution is -0.125. The minimum atomic E-state index is -3.76. The fourth-order valence-corrected chi connectivity index (χ4v) is 6.10. The van der Waals surface area contributed by atoms with E-state index in [1.54, 1.807) is 19.9 Å². The molecule has 3 rings (SSSR count). The molecule has 0 bridgehead atoms. The molecule has 1 atom stereocenters. The van der Waals surface area contributed by atoms with Gasteiger partial charge in [-0.3, -0.25) is 4.79 Å². The number of nitrogens with one attached hydrogen (secondary N) is 1. The maximum atomic E-state index is 13.1. The number of amides is 1. The highest BCUT2D eigenvalue weighted by atomic mass is 79.9. The van der Waals surface area contributed by atoms with Gasteiger partial charge in [-0.25, -0.2) is 13.2 Å². The average Bonchev–Trinajstić information content (AvgIpc) is 3.41. The molecular formula is C26H34BrN3O5S. The van der Waals surface area contributed by atoms with Gasteiger partial charge in [0.15, 0.2) is 6.61 Å². The number of carbonyl (C=O) groups excluding carboxylic acids is 2. The van der Waals surface area contributed by atoms with Crippen LogP contribution in [0.2, 0.25) is 0 Å². The number of sulfonamides is 1. The topological polar surface area (TPSA) is 96.0 Å². The SMILES string of the molecule is CCC(NC(=O)COC(=O)c1cc(S(=O)(=O)N(CC)CC)ccc1N1CCCC1)c1ccc(Br)cc1. The van der Waals surface area contributed by atoms with Crippen molar-refractivity contribution in [1.82, 2.24) is 9.62 Å². The van der Waals surface area contributed by atoms with Crippen molar-refractivity contribution >= 4 is 43.5 Å². The lowest BCUT2D eigenvalue weighted by Crippen LogP contribution is -2.33. The predicted molar refractivity (Wildman–Crippen MR) is 144 cm³/mol. The first kappa shape index (κ1) is 28.1. The molecule has 0 aliphatic carbocycles. The van der Waals surface area contributed by atoms with Gasteiger partial charge in [0, 0.05) is 30.7 Å². The Bertz CT molecular complexity index is 1160. The summed E-state index contributed by atoms with van der Waals surface area (Å²) in [6.07, 6.45) is 2.65. The van der Waals surface area contributed by atoms with Gasteiger partial charge in [-0.15, -0.1) is 0 Å². The van der Waals surface area contributed by atoms with Gasteiger partial charge < -0.3 is 15.0 Å². The molecule has 1 amide bonds. The molecule has 0 aromatic heterocycles. The van der Waals surface area contributed by atoms with Gasteiger partial charge in [0.25, 0.3) is 5.91 Å². The van der Waals surface area contributed by atoms with E-state index in [1.807, 2.05) is 36.1 Å². The fraction of sp³-hybridized carbons (Fsp3) is 0.462. The second kappa shape index (κ2) is 12.7. The maximum absolute atomic E-state index is 13.1. The standard InChI is InChI=1S/C26H34BrN3O5S/c1-4-23(19-9-11-20(27)12-10-19)28-25(31)18-35-26(32)22-17-21(36(33,34)30(5-2)6-3)13-14-24(22)29-15-7-8-16-29/h9-14,17,23H,4-8,15-16,18H2,1-3H3,(H,28,31). The van der Waals surface area contributed by atoms with Crippen LogP contribution in [-0.2, 0) is 19.6 Å². The first-order chi connectivity index (χ1) is 17.2. The molecular weight excluding hydrogens is 546 g/mol. The van der Waals surface area contributed by atoms with Crippen molar-refractivity contribution in [2.75, 3.05) is 37.7 Å². The highest BCUT2D eigenvalue weighted by Gasteiger charge is 2.27. The molecule has 1 fully saturated rings. The fourth-order valence-electron chi connectivity index (χ4n) is 4.35. The van der Waals surface area contributed by atoms with Crippen molar-refractivity contribution in [3.63, 3.8) is 0 Å². The number of rotatable bonds is 11. The van der Waals surface area contributed by atoms with Crippen LogP contribution in [0.3, 0.4) is 0 Å². The van der Waals surface area contributed by atoms with Crippen LogP contribution in [0, 0.1) is 0 Å². The van der Waals surface area contributed by atoms with E-state index in [2.05, 4.69) is 21.2 Å². The van der Waals surface area contributed by atoms with Crippen LogP contribution < -0.4 is 10.2 Å². The second-order valence-electron chi connectivity index (χ2n) is 8.62. The second-order valence-corrected chi connectivity index (χ2v) is 11.5. The highest BCUT2D eigenvalue weighted by Crippen LogP contribution is 2.29. The van der Waals surface area contributed by atoms with Crippen LogP contribution in [0.15, 0.2) is 51.8 Å². The Morgan fingerprint density at radius 1 is 1.06 bits per heavy atom. The van der Waals surface area contributed by atoms with Gasteiger partial charge in [-0.05, 0) is 55.2 Å². The van der Waals surface area contributed by atoms with Crippen molar-refractivity contribution in [2.45, 2.75) is 51.0 Å². The largest absolute Gasteiger partial charge is 0.452 e. The molecule has 0 spiro atoms. The first-order valence-corrected chi connectivity index (χ1v) is 14.6. The minimum Gasteiger partial charge on any atom is -0.452 e. The third-order valence-electron chi connectivity index (χ3n) is 6.33. The summed E-state index contributed by atoms with van der Waals surface area (Å²) in [4.78, 5) is 27.8. The van der Waals surface area contributed by atoms with E-state index < -0.39 is 28.5 Å². The Morgan fingerprint density at radius 2 is 1.69 bits per heavy atom. The monoisotopic (exact) mass is 579 g/mol. The smallest absolute Gasteiger partial charge is 0.340 e. The number of hydrogen-bond donors (Lipinski definition) is 1. The molecule has 1 aliphatic rings. The molecule has 0 saturated carbocycles. The third kappa shape index (κ3) is 6.66. The quantitative estimate of drug-likeness (QED) is 0.394. The van der Waals surface area contributed by atoms with Crippen molar-refractivity contribution in [2.24, 2.45) is 0 Å². The lowest BCUT2D eigenvalue weighted by Gasteiger charge is -2.23. The molecule has 36 heavy (non-hydrogen) atoms. The van der Waals surface area contributed by atoms with Crippen molar-refractivity contribution in [1.29, 1.82) is 0 Å². The summed E-state index contributed by atoms with van der Waals surface area (Å²) in [5.41, 5.74) is 1.72. The van der Waals surface area contributed by atoms with Crippen LogP contribution in [0.5, 0.6) is 0 Å². The maximum Gasteiger partial charge on any atom is 0.340 e. The molecule has 8 nitrogen and oxygen atoms in total. The van der Waals surface area contributed by atoms with E-state index in [-0.39, 0.29) is 16.5 Å². The van der Waals surface area contributed by atoms with Gasteiger partial charge in [0.2, 0.25) is 10.0 Å². The van der Waals surface area contributed by atoms with Gasteiger partial charge in [0.1, 0.15) is 0 Å². The number of hydrogen-bond acceptors (Lipinski definition) is 6. The molecule has 196 valence electrons. The number of nitrogens with zero attached hydrogens (tertiary/aromatic N) is 2. The summed E-state index contributed by atoms with van der Waals surface area (Å²) in [6, 6.07) is 12.0. The third-order valence-corrected chi connectivity index (χ3v) is 8.90. The predicted octanol–water partition coefficient (Wildman–Crippen LogP) is 4.50. The Labute approximate surface area is 222 Å². The minimum absolute atomic E-state index is 0.0341. The molecule has 10 heteroatoms. The summed E-state index contributed by atoms with van der Waals surface area (Å²) in [7, 11) is -3.76. The Kier molecular flexibility index (Phi) is 9.92. The van der Waals surface area contributed by atoms with Crippen molar-refractivity contribution < 1.29 is 22.7 Å². The van der Waals surface area contributed by atoms with Crippen molar-refractivity contribution in [3.8, 4) is 0 Å². The van der Waals surface area contributed by atoms with Gasteiger partial charge in [-0.1, -0.05) is 48.8 Å². The molecule has 1 unspecified atom stereocenters. The zero-order chi connectivity index (χ0) is 26.3. The summed E-state index contributed by atoms with van der Waals surface area (Å²) in [6.45, 7) is 7.23. The Hall–Kier alpha value is -2.43. The van der Waals surface area contributed by atoms with Gasteiger partial charge in [-0.2, -0.15) is 4.31 Å². The van der Waals surface area contributed by atoms with Crippen LogP contribution in [0.1, 0.15) is 62.0 Å². The van der Waals surface area contributed by atoms with E-state index in [9.17, 15) is 18.0 Å². The van der Waals surface area contributed by atoms with Crippen LogP contribution in [0.25, 0.3) is 0 Å². The number of carbonyl (C=O) groups is 2. The summed E-state index contributed by atoms with van der Waals surface area (Å²) in [5, 5.41) is 2.90. The number of esters is 1. The number of ether oxygens (including phenoxy) is 1. The van der Waals surface area contributed by atoms with Gasteiger partial charge >= 0.3 is 5.97 Å². The number of anilines is 1. The zero-order valence-corrected chi connectivity index (χ0v) is 23.4. The molecule has 1 saturated heterocycles. The lowest BCUT2D eigenvalue weighted by atomic mass is 10.0. The van der Waals surface area contributed by atoms with Crippen LogP contribution in [-0.4, -0.2) is 57.4 Å².